The van der Waals surface area contributed by atoms with Crippen LogP contribution >= 0.6 is 11.3 Å². The van der Waals surface area contributed by atoms with Gasteiger partial charge in [0.05, 0.1) is 5.56 Å². The van der Waals surface area contributed by atoms with Gasteiger partial charge < -0.3 is 15.5 Å². The Hall–Kier alpha value is -3.12. The van der Waals surface area contributed by atoms with E-state index in [1.54, 1.807) is 12.1 Å². The van der Waals surface area contributed by atoms with Crippen molar-refractivity contribution in [2.45, 2.75) is 19.3 Å². The summed E-state index contributed by atoms with van der Waals surface area (Å²) < 4.78 is 5.74. The number of carbonyl (C=O) groups is 2. The normalized spacial score (nSPS) is 13.0. The van der Waals surface area contributed by atoms with Gasteiger partial charge in [-0.1, -0.05) is 30.3 Å². The predicted octanol–water partition coefficient (Wildman–Crippen LogP) is 4.25. The summed E-state index contributed by atoms with van der Waals surface area (Å²) >= 11 is 1.44. The van der Waals surface area contributed by atoms with E-state index in [0.717, 1.165) is 41.0 Å². The highest BCUT2D eigenvalue weighted by Gasteiger charge is 2.25. The molecule has 2 amide bonds. The number of nitrogens with one attached hydrogen (secondary N) is 1. The largest absolute Gasteiger partial charge is 0.457 e. The molecular weight excluding hydrogens is 360 g/mol. The first kappa shape index (κ1) is 17.3. The van der Waals surface area contributed by atoms with Crippen molar-refractivity contribution in [3.8, 4) is 11.3 Å². The van der Waals surface area contributed by atoms with Gasteiger partial charge in [-0.3, -0.25) is 9.59 Å². The lowest BCUT2D eigenvalue weighted by Gasteiger charge is -2.03. The number of hydrogen-bond donors (Lipinski definition) is 2. The molecular formula is C21H18N2O3S. The zero-order valence-corrected chi connectivity index (χ0v) is 15.3. The fraction of sp³-hybridized carbons (Fsp3) is 0.143. The van der Waals surface area contributed by atoms with Crippen LogP contribution in [0.4, 0.5) is 5.00 Å². The number of furan rings is 1. The Bertz CT molecular complexity index is 1030. The van der Waals surface area contributed by atoms with Gasteiger partial charge in [0, 0.05) is 16.5 Å². The lowest BCUT2D eigenvalue weighted by atomic mass is 10.1. The third-order valence-corrected chi connectivity index (χ3v) is 5.70. The molecule has 136 valence electrons. The first-order valence-corrected chi connectivity index (χ1v) is 9.52. The Kier molecular flexibility index (Phi) is 4.64. The molecule has 0 atom stereocenters. The van der Waals surface area contributed by atoms with Crippen molar-refractivity contribution in [1.29, 1.82) is 0 Å². The number of rotatable bonds is 5. The summed E-state index contributed by atoms with van der Waals surface area (Å²) in [7, 11) is 0. The minimum absolute atomic E-state index is 0.324. The van der Waals surface area contributed by atoms with Gasteiger partial charge in [0.25, 0.3) is 5.91 Å². The van der Waals surface area contributed by atoms with E-state index in [0.29, 0.717) is 16.3 Å². The first-order valence-electron chi connectivity index (χ1n) is 8.70. The van der Waals surface area contributed by atoms with E-state index in [4.69, 9.17) is 10.2 Å². The van der Waals surface area contributed by atoms with E-state index in [1.165, 1.54) is 17.4 Å². The number of primary amides is 1. The molecule has 6 heteroatoms. The van der Waals surface area contributed by atoms with Gasteiger partial charge in [0.2, 0.25) is 5.91 Å². The fourth-order valence-corrected chi connectivity index (χ4v) is 4.56. The van der Waals surface area contributed by atoms with Gasteiger partial charge >= 0.3 is 0 Å². The molecule has 27 heavy (non-hydrogen) atoms. The summed E-state index contributed by atoms with van der Waals surface area (Å²) in [5.74, 6) is 0.497. The van der Waals surface area contributed by atoms with Gasteiger partial charge in [-0.05, 0) is 43.0 Å². The van der Waals surface area contributed by atoms with Crippen LogP contribution in [0.15, 0.2) is 53.0 Å². The summed E-state index contributed by atoms with van der Waals surface area (Å²) in [6, 6.07) is 13.4. The molecule has 1 aliphatic carbocycles. The van der Waals surface area contributed by atoms with E-state index in [2.05, 4.69) is 5.32 Å². The number of anilines is 1. The maximum absolute atomic E-state index is 12.3. The van der Waals surface area contributed by atoms with E-state index in [-0.39, 0.29) is 5.91 Å². The lowest BCUT2D eigenvalue weighted by Crippen LogP contribution is -2.16. The lowest BCUT2D eigenvalue weighted by molar-refractivity contribution is -0.111. The first-order chi connectivity index (χ1) is 13.1. The van der Waals surface area contributed by atoms with Crippen LogP contribution in [0.2, 0.25) is 0 Å². The zero-order chi connectivity index (χ0) is 18.8. The van der Waals surface area contributed by atoms with Crippen LogP contribution in [-0.2, 0) is 17.6 Å². The van der Waals surface area contributed by atoms with Crippen molar-refractivity contribution in [1.82, 2.24) is 0 Å². The number of hydrogen-bond acceptors (Lipinski definition) is 4. The quantitative estimate of drug-likeness (QED) is 0.651. The molecule has 1 aliphatic rings. The average molecular weight is 378 g/mol. The second kappa shape index (κ2) is 7.25. The molecule has 2 aromatic heterocycles. The minimum Gasteiger partial charge on any atom is -0.457 e. The second-order valence-electron chi connectivity index (χ2n) is 6.32. The Morgan fingerprint density at radius 3 is 2.70 bits per heavy atom. The average Bonchev–Trinajstić information content (AvgIpc) is 3.36. The van der Waals surface area contributed by atoms with Gasteiger partial charge in [0.1, 0.15) is 16.5 Å². The van der Waals surface area contributed by atoms with Gasteiger partial charge in [-0.15, -0.1) is 11.3 Å². The second-order valence-corrected chi connectivity index (χ2v) is 7.42. The van der Waals surface area contributed by atoms with Crippen LogP contribution < -0.4 is 11.1 Å². The molecule has 0 saturated carbocycles. The van der Waals surface area contributed by atoms with Crippen LogP contribution in [0, 0.1) is 0 Å². The molecule has 2 heterocycles. The summed E-state index contributed by atoms with van der Waals surface area (Å²) in [4.78, 5) is 25.2. The van der Waals surface area contributed by atoms with Crippen molar-refractivity contribution < 1.29 is 14.0 Å². The third kappa shape index (κ3) is 3.57. The van der Waals surface area contributed by atoms with Gasteiger partial charge in [-0.25, -0.2) is 0 Å². The number of aryl methyl sites for hydroxylation is 1. The van der Waals surface area contributed by atoms with Gasteiger partial charge in [0.15, 0.2) is 0 Å². The van der Waals surface area contributed by atoms with Crippen LogP contribution in [0.1, 0.15) is 33.0 Å². The Labute approximate surface area is 160 Å². The molecule has 0 unspecified atom stereocenters. The van der Waals surface area contributed by atoms with Crippen LogP contribution in [-0.4, -0.2) is 11.8 Å². The molecule has 3 N–H and O–H groups in total. The number of nitrogens with two attached hydrogens (primary N) is 1. The summed E-state index contributed by atoms with van der Waals surface area (Å²) in [6.07, 6.45) is 5.79. The van der Waals surface area contributed by atoms with Crippen LogP contribution in [0.3, 0.4) is 0 Å². The van der Waals surface area contributed by atoms with Crippen molar-refractivity contribution in [2.75, 3.05) is 5.32 Å². The molecule has 0 fully saturated rings. The third-order valence-electron chi connectivity index (χ3n) is 4.49. The highest BCUT2D eigenvalue weighted by Crippen LogP contribution is 2.38. The van der Waals surface area contributed by atoms with Crippen molar-refractivity contribution >= 4 is 34.2 Å². The molecule has 0 spiro atoms. The molecule has 0 bridgehead atoms. The van der Waals surface area contributed by atoms with Crippen LogP contribution in [0.5, 0.6) is 0 Å². The Morgan fingerprint density at radius 1 is 1.11 bits per heavy atom. The maximum Gasteiger partial charge on any atom is 0.251 e. The summed E-state index contributed by atoms with van der Waals surface area (Å²) in [6.45, 7) is 0. The Balaban J connectivity index is 1.48. The predicted molar refractivity (Wildman–Crippen MR) is 107 cm³/mol. The molecule has 0 saturated heterocycles. The summed E-state index contributed by atoms with van der Waals surface area (Å²) in [5.41, 5.74) is 7.94. The van der Waals surface area contributed by atoms with E-state index >= 15 is 0 Å². The van der Waals surface area contributed by atoms with E-state index < -0.39 is 5.91 Å². The number of benzene rings is 1. The number of thiophene rings is 1. The molecule has 0 radical (unpaired) electrons. The number of fused-ring (bicyclic) bond motifs is 1. The standard InChI is InChI=1S/C21H18N2O3S/c22-20(25)19-15-7-4-8-17(15)27-21(19)23-18(24)12-10-14-9-11-16(26-14)13-5-2-1-3-6-13/h1-3,5-6,9-12H,4,7-8H2,(H2,22,25)(H,23,24)/b12-10+. The summed E-state index contributed by atoms with van der Waals surface area (Å²) in [5, 5.41) is 3.31. The fourth-order valence-electron chi connectivity index (χ4n) is 3.26. The maximum atomic E-state index is 12.3. The minimum atomic E-state index is -0.493. The van der Waals surface area contributed by atoms with Crippen molar-refractivity contribution in [3.63, 3.8) is 0 Å². The molecule has 3 aromatic rings. The molecule has 1 aromatic carbocycles. The number of carbonyl (C=O) groups excluding carboxylic acids is 2. The smallest absolute Gasteiger partial charge is 0.251 e. The highest BCUT2D eigenvalue weighted by molar-refractivity contribution is 7.17. The van der Waals surface area contributed by atoms with Gasteiger partial charge in [-0.2, -0.15) is 0 Å². The number of amides is 2. The van der Waals surface area contributed by atoms with Crippen molar-refractivity contribution in [2.24, 2.45) is 5.73 Å². The molecule has 5 nitrogen and oxygen atoms in total. The SMILES string of the molecule is NC(=O)c1c(NC(=O)/C=C/c2ccc(-c3ccccc3)o2)sc2c1CCC2. The highest BCUT2D eigenvalue weighted by atomic mass is 32.1. The van der Waals surface area contributed by atoms with E-state index in [9.17, 15) is 9.59 Å². The molecule has 4 rings (SSSR count). The topological polar surface area (TPSA) is 85.3 Å². The van der Waals surface area contributed by atoms with Crippen LogP contribution in [0.25, 0.3) is 17.4 Å². The molecule has 0 aliphatic heterocycles. The van der Waals surface area contributed by atoms with E-state index in [1.807, 2.05) is 36.4 Å². The Morgan fingerprint density at radius 2 is 1.93 bits per heavy atom. The van der Waals surface area contributed by atoms with Crippen molar-refractivity contribution in [3.05, 3.63) is 70.3 Å². The monoisotopic (exact) mass is 378 g/mol. The zero-order valence-electron chi connectivity index (χ0n) is 14.5.